The Morgan fingerprint density at radius 3 is 1.21 bits per heavy atom. The van der Waals surface area contributed by atoms with Gasteiger partial charge >= 0.3 is 33.0 Å². The minimum Gasteiger partial charge on any atom is 0 e. The molecule has 0 amide bonds. The van der Waals surface area contributed by atoms with Crippen molar-refractivity contribution in [1.82, 2.24) is 0 Å². The van der Waals surface area contributed by atoms with Crippen LogP contribution in [-0.2, 0) is 27.9 Å². The van der Waals surface area contributed by atoms with E-state index in [1.165, 1.54) is 0 Å². The molecule has 0 heterocycles. The van der Waals surface area contributed by atoms with Crippen LogP contribution in [0.4, 0.5) is 25.2 Å². The van der Waals surface area contributed by atoms with Crippen LogP contribution in [0.25, 0.3) is 0 Å². The fraction of sp³-hybridized carbons (Fsp3) is 0.533. The van der Waals surface area contributed by atoms with E-state index in [2.05, 4.69) is 67.5 Å². The van der Waals surface area contributed by atoms with Gasteiger partial charge in [-0.1, -0.05) is 66.5 Å². The Kier molecular flexibility index (Phi) is 11.3. The van der Waals surface area contributed by atoms with Gasteiger partial charge < -0.3 is 10.2 Å². The van der Waals surface area contributed by atoms with E-state index >= 15 is 0 Å². The van der Waals surface area contributed by atoms with E-state index in [4.69, 9.17) is 9.98 Å². The molecule has 0 aromatic heterocycles. The van der Waals surface area contributed by atoms with Gasteiger partial charge in [0.25, 0.3) is 0 Å². The molecule has 0 aliphatic heterocycles. The molecule has 1 radical (unpaired) electrons. The van der Waals surface area contributed by atoms with Crippen LogP contribution >= 0.6 is 7.81 Å². The van der Waals surface area contributed by atoms with Gasteiger partial charge in [0, 0.05) is 51.8 Å². The third-order valence-corrected chi connectivity index (χ3v) is 6.69. The number of hydrogen-bond acceptors (Lipinski definition) is 4. The molecule has 2 atom stereocenters. The first kappa shape index (κ1) is 37.9. The van der Waals surface area contributed by atoms with Crippen molar-refractivity contribution in [3.8, 4) is 11.5 Å². The van der Waals surface area contributed by atoms with Crippen molar-refractivity contribution in [2.24, 2.45) is 9.98 Å². The summed E-state index contributed by atoms with van der Waals surface area (Å²) in [4.78, 5) is 9.82. The smallest absolute Gasteiger partial charge is 0 e. The summed E-state index contributed by atoms with van der Waals surface area (Å²) in [5.41, 5.74) is 5.37. The second-order valence-corrected chi connectivity index (χ2v) is 14.9. The van der Waals surface area contributed by atoms with E-state index in [9.17, 15) is 35.4 Å². The van der Waals surface area contributed by atoms with Crippen molar-refractivity contribution in [3.05, 3.63) is 57.6 Å². The molecule has 2 aromatic carbocycles. The van der Waals surface area contributed by atoms with E-state index in [1.807, 2.05) is 24.6 Å². The van der Waals surface area contributed by atoms with Gasteiger partial charge in [0.15, 0.2) is 0 Å². The van der Waals surface area contributed by atoms with Gasteiger partial charge in [-0.2, -0.15) is 0 Å². The second kappa shape index (κ2) is 12.5. The van der Waals surface area contributed by atoms with Crippen LogP contribution in [0.2, 0.25) is 0 Å². The molecular weight excluding hydrogens is 620 g/mol. The summed E-state index contributed by atoms with van der Waals surface area (Å²) in [6, 6.07) is 8.23. The molecule has 42 heavy (non-hydrogen) atoms. The van der Waals surface area contributed by atoms with Gasteiger partial charge in [0.2, 0.25) is 0 Å². The van der Waals surface area contributed by atoms with E-state index in [-0.39, 0.29) is 40.0 Å². The normalized spacial score (nSPS) is 20.0. The standard InChI is InChI=1S/C30H42N2O2.F6P.Mn/c1-19-13-21(27(33)23(15-19)29(3,4)5)17-31-25-11-9-10-12-26(25)32-18-22-14-20(2)16-24(28(22)34)30(6,7)8;1-7(2,3,4,5)6;/h13-18,25-26,33-34H,9-12H2,1-8H3;;/q;-1;. The molecule has 2 N–H and O–H groups in total. The van der Waals surface area contributed by atoms with Crippen molar-refractivity contribution in [2.45, 2.75) is 104 Å². The maximum Gasteiger partial charge on any atom is 0 e. The summed E-state index contributed by atoms with van der Waals surface area (Å²) in [5.74, 6) is 0.634. The third-order valence-electron chi connectivity index (χ3n) is 6.69. The minimum absolute atomic E-state index is 0. The van der Waals surface area contributed by atoms with Gasteiger partial charge in [-0.25, -0.2) is 0 Å². The first-order valence-corrected chi connectivity index (χ1v) is 15.6. The summed E-state index contributed by atoms with van der Waals surface area (Å²) in [7, 11) is -10.7. The van der Waals surface area contributed by atoms with Gasteiger partial charge in [-0.05, 0) is 60.8 Å². The van der Waals surface area contributed by atoms with E-state index in [0.717, 1.165) is 59.1 Å². The summed E-state index contributed by atoms with van der Waals surface area (Å²) in [6.45, 7) is 16.8. The van der Waals surface area contributed by atoms with Crippen LogP contribution in [0, 0.1) is 13.8 Å². The largest absolute Gasteiger partial charge is 0 e. The predicted molar refractivity (Wildman–Crippen MR) is 158 cm³/mol. The van der Waals surface area contributed by atoms with Crippen LogP contribution in [0.15, 0.2) is 34.3 Å². The van der Waals surface area contributed by atoms with Gasteiger partial charge in [0.05, 0.1) is 12.1 Å². The monoisotopic (exact) mass is 662 g/mol. The molecule has 0 saturated heterocycles. The topological polar surface area (TPSA) is 65.2 Å². The van der Waals surface area contributed by atoms with Gasteiger partial charge in [-0.15, -0.1) is 0 Å². The van der Waals surface area contributed by atoms with E-state index in [0.29, 0.717) is 11.5 Å². The maximum atomic E-state index is 10.9. The molecule has 239 valence electrons. The Bertz CT molecular complexity index is 1220. The minimum atomic E-state index is -10.7. The van der Waals surface area contributed by atoms with Crippen LogP contribution in [-0.4, -0.2) is 34.7 Å². The third kappa shape index (κ3) is 13.0. The average molecular weight is 663 g/mol. The predicted octanol–water partition coefficient (Wildman–Crippen LogP) is 10.5. The maximum absolute atomic E-state index is 10.9. The zero-order valence-corrected chi connectivity index (χ0v) is 27.4. The quantitative estimate of drug-likeness (QED) is 0.148. The Hall–Kier alpha value is -2.09. The number of hydrogen-bond donors (Lipinski definition) is 2. The molecule has 3 rings (SSSR count). The molecule has 12 heteroatoms. The molecule has 2 aromatic rings. The first-order valence-electron chi connectivity index (χ1n) is 13.5. The number of nitrogens with zero attached hydrogens (tertiary/aromatic N) is 2. The Morgan fingerprint density at radius 2 is 0.952 bits per heavy atom. The second-order valence-electron chi connectivity index (χ2n) is 12.9. The average Bonchev–Trinajstić information content (AvgIpc) is 2.76. The van der Waals surface area contributed by atoms with E-state index < -0.39 is 7.81 Å². The summed E-state index contributed by atoms with van der Waals surface area (Å²) in [5, 5.41) is 21.8. The summed E-state index contributed by atoms with van der Waals surface area (Å²) >= 11 is 0. The first-order chi connectivity index (χ1) is 18.2. The molecule has 0 spiro atoms. The van der Waals surface area contributed by atoms with Crippen LogP contribution in [0.1, 0.15) is 101 Å². The Morgan fingerprint density at radius 1 is 0.667 bits per heavy atom. The zero-order chi connectivity index (χ0) is 31.7. The number of aromatic hydroxyl groups is 2. The van der Waals surface area contributed by atoms with Crippen molar-refractivity contribution >= 4 is 20.2 Å². The number of phenols is 2. The van der Waals surface area contributed by atoms with Crippen molar-refractivity contribution in [2.75, 3.05) is 0 Å². The van der Waals surface area contributed by atoms with Crippen LogP contribution < -0.4 is 0 Å². The number of rotatable bonds is 4. The van der Waals surface area contributed by atoms with E-state index in [1.54, 1.807) is 0 Å². The summed E-state index contributed by atoms with van der Waals surface area (Å²) in [6.07, 6.45) is 7.88. The van der Waals surface area contributed by atoms with Crippen molar-refractivity contribution < 1.29 is 52.5 Å². The molecule has 1 aliphatic carbocycles. The molecule has 1 fully saturated rings. The number of aryl methyl sites for hydroxylation is 2. The molecule has 1 aliphatic rings. The molecule has 1 saturated carbocycles. The van der Waals surface area contributed by atoms with Crippen molar-refractivity contribution in [3.63, 3.8) is 0 Å². The fourth-order valence-corrected chi connectivity index (χ4v) is 4.75. The fourth-order valence-electron chi connectivity index (χ4n) is 4.75. The number of halogens is 6. The van der Waals surface area contributed by atoms with Crippen LogP contribution in [0.3, 0.4) is 0 Å². The number of benzene rings is 2. The molecular formula is C30H42F6MnN2O2P-. The van der Waals surface area contributed by atoms with Crippen molar-refractivity contribution in [1.29, 1.82) is 0 Å². The SMILES string of the molecule is Cc1cc(C=NC2CCCCC2N=Cc2cc(C)cc(C(C)(C)C)c2O)c(O)c(C(C)(C)C)c1.F[P-](F)(F)(F)(F)F.[Mn]. The molecule has 4 nitrogen and oxygen atoms in total. The summed E-state index contributed by atoms with van der Waals surface area (Å²) < 4.78 is 59.2. The number of phenolic OH excluding ortho intramolecular Hbond substituents is 2. The molecule has 0 bridgehead atoms. The van der Waals surface area contributed by atoms with Gasteiger partial charge in [-0.3, -0.25) is 9.98 Å². The van der Waals surface area contributed by atoms with Gasteiger partial charge in [0.1, 0.15) is 11.5 Å². The molecule has 2 unspecified atom stereocenters. The number of aliphatic imine (C=N–C) groups is 2. The Labute approximate surface area is 255 Å². The zero-order valence-electron chi connectivity index (χ0n) is 25.3. The van der Waals surface area contributed by atoms with Crippen LogP contribution in [0.5, 0.6) is 11.5 Å². The Balaban J connectivity index is 0.000000981.